The lowest BCUT2D eigenvalue weighted by molar-refractivity contribution is 0.362. The van der Waals surface area contributed by atoms with Crippen LogP contribution in [0, 0.1) is 0 Å². The van der Waals surface area contributed by atoms with Crippen LogP contribution in [0.3, 0.4) is 0 Å². The van der Waals surface area contributed by atoms with Crippen molar-refractivity contribution in [2.75, 3.05) is 6.61 Å². The van der Waals surface area contributed by atoms with Crippen molar-refractivity contribution < 1.29 is 5.11 Å². The molecule has 4 heteroatoms. The third kappa shape index (κ3) is 1.84. The summed E-state index contributed by atoms with van der Waals surface area (Å²) in [5.74, 6) is 0. The lowest BCUT2D eigenvalue weighted by atomic mass is 10.5. The van der Waals surface area contributed by atoms with E-state index >= 15 is 0 Å². The normalized spacial score (nSPS) is 18.0. The van der Waals surface area contributed by atoms with Crippen LogP contribution in [0.5, 0.6) is 0 Å². The second-order valence-corrected chi connectivity index (χ2v) is 4.37. The van der Waals surface area contributed by atoms with Crippen molar-refractivity contribution >= 4 is 41.0 Å². The fourth-order valence-corrected chi connectivity index (χ4v) is 2.15. The Kier molecular flexibility index (Phi) is 2.81. The number of aliphatic hydroxyl groups excluding tert-OH is 1. The number of nitrogens with zero attached hydrogens (tertiary/aromatic N) is 1. The Balaban J connectivity index is 2.83. The zero-order chi connectivity index (χ0) is 6.69. The molecular formula is C5H5ClINO. The van der Waals surface area contributed by atoms with Crippen molar-refractivity contribution in [1.29, 1.82) is 0 Å². The molecule has 0 saturated heterocycles. The maximum atomic E-state index is 8.65. The number of hydrogen-bond acceptors (Lipinski definition) is 2. The molecule has 0 bridgehead atoms. The number of halogens is 2. The fourth-order valence-electron chi connectivity index (χ4n) is 0.413. The Hall–Kier alpha value is 0.260. The van der Waals surface area contributed by atoms with Gasteiger partial charge in [-0.2, -0.15) is 0 Å². The maximum absolute atomic E-state index is 8.65. The van der Waals surface area contributed by atoms with Crippen molar-refractivity contribution in [3.63, 3.8) is 0 Å². The summed E-state index contributed by atoms with van der Waals surface area (Å²) in [5, 5.41) is 9.13. The predicted octanol–water partition coefficient (Wildman–Crippen LogP) is 1.24. The summed E-state index contributed by atoms with van der Waals surface area (Å²) in [6.45, 7) is 0.0555. The van der Waals surface area contributed by atoms with Gasteiger partial charge in [-0.1, -0.05) is 32.3 Å². The molecule has 50 valence electrons. The summed E-state index contributed by atoms with van der Waals surface area (Å²) in [6, 6.07) is 0. The zero-order valence-electron chi connectivity index (χ0n) is 4.51. The van der Waals surface area contributed by atoms with Gasteiger partial charge in [0.05, 0.1) is 6.61 Å². The molecule has 0 unspecified atom stereocenters. The molecule has 0 aliphatic carbocycles. The minimum Gasteiger partial charge on any atom is -0.391 e. The van der Waals surface area contributed by atoms with Crippen molar-refractivity contribution in [2.24, 2.45) is 4.99 Å². The molecule has 0 amide bonds. The van der Waals surface area contributed by atoms with Crippen molar-refractivity contribution in [2.45, 2.75) is 0 Å². The van der Waals surface area contributed by atoms with Gasteiger partial charge in [-0.3, -0.25) is 0 Å². The maximum Gasteiger partial charge on any atom is 0.140 e. The van der Waals surface area contributed by atoms with Crippen molar-refractivity contribution in [3.05, 3.63) is 10.3 Å². The summed E-state index contributed by atoms with van der Waals surface area (Å²) in [4.78, 5) is 3.81. The highest BCUT2D eigenvalue weighted by Gasteiger charge is 2.02. The van der Waals surface area contributed by atoms with Crippen LogP contribution in [0.1, 0.15) is 0 Å². The first kappa shape index (κ1) is 7.37. The number of aliphatic hydroxyl groups is 1. The molecule has 1 heterocycles. The number of hydrogen-bond donors (Lipinski definition) is 1. The van der Waals surface area contributed by atoms with Gasteiger partial charge in [0, 0.05) is 9.71 Å². The third-order valence-corrected chi connectivity index (χ3v) is 3.73. The van der Waals surface area contributed by atoms with Gasteiger partial charge >= 0.3 is 0 Å². The molecule has 0 aromatic heterocycles. The monoisotopic (exact) mass is 257 g/mol. The smallest absolute Gasteiger partial charge is 0.140 e. The summed E-state index contributed by atoms with van der Waals surface area (Å²) in [5.41, 5.74) is 0. The molecule has 0 spiro atoms. The second kappa shape index (κ2) is 3.43. The Bertz CT molecular complexity index is 197. The van der Waals surface area contributed by atoms with Gasteiger partial charge in [0.15, 0.2) is 0 Å². The molecule has 1 rings (SSSR count). The van der Waals surface area contributed by atoms with E-state index in [1.807, 2.05) is 4.08 Å². The molecule has 0 fully saturated rings. The fraction of sp³-hybridized carbons (Fsp3) is 0.200. The standard InChI is InChI=1S/C5H5ClINO/c6-5-4(3-9)7-1-2-8-5/h1-2,9H,3H2. The van der Waals surface area contributed by atoms with Crippen LogP contribution in [0.15, 0.2) is 15.3 Å². The largest absolute Gasteiger partial charge is 0.391 e. The summed E-state index contributed by atoms with van der Waals surface area (Å²) < 4.78 is 2.87. The van der Waals surface area contributed by atoms with Crippen LogP contribution >= 0.6 is 32.3 Å². The van der Waals surface area contributed by atoms with E-state index in [0.717, 1.165) is 3.51 Å². The molecule has 1 aliphatic rings. The Morgan fingerprint density at radius 3 is 3.00 bits per heavy atom. The SMILES string of the molecule is OCC1=IC=CN=C1Cl. The van der Waals surface area contributed by atoms with Crippen molar-refractivity contribution in [3.8, 4) is 0 Å². The quantitative estimate of drug-likeness (QED) is 0.705. The molecule has 2 nitrogen and oxygen atoms in total. The van der Waals surface area contributed by atoms with E-state index in [4.69, 9.17) is 16.7 Å². The zero-order valence-corrected chi connectivity index (χ0v) is 7.43. The van der Waals surface area contributed by atoms with E-state index in [2.05, 4.69) is 4.99 Å². The van der Waals surface area contributed by atoms with E-state index in [9.17, 15) is 0 Å². The van der Waals surface area contributed by atoms with Gasteiger partial charge in [-0.15, -0.1) is 0 Å². The van der Waals surface area contributed by atoms with Gasteiger partial charge in [0.2, 0.25) is 0 Å². The summed E-state index contributed by atoms with van der Waals surface area (Å²) in [7, 11) is 0. The number of rotatable bonds is 1. The molecule has 0 radical (unpaired) electrons. The Labute approximate surface area is 68.0 Å². The first-order valence-corrected chi connectivity index (χ1v) is 5.03. The molecule has 0 aromatic carbocycles. The van der Waals surface area contributed by atoms with Crippen LogP contribution in [0.25, 0.3) is 0 Å². The third-order valence-electron chi connectivity index (χ3n) is 0.802. The van der Waals surface area contributed by atoms with E-state index in [0.29, 0.717) is 5.17 Å². The molecule has 0 aromatic rings. The van der Waals surface area contributed by atoms with Gasteiger partial charge in [-0.25, -0.2) is 4.99 Å². The van der Waals surface area contributed by atoms with E-state index < -0.39 is 0 Å². The molecule has 0 saturated carbocycles. The highest BCUT2D eigenvalue weighted by Crippen LogP contribution is 2.11. The van der Waals surface area contributed by atoms with Crippen LogP contribution in [0.2, 0.25) is 0 Å². The predicted molar refractivity (Wildman–Crippen MR) is 48.5 cm³/mol. The van der Waals surface area contributed by atoms with E-state index in [-0.39, 0.29) is 27.3 Å². The highest BCUT2D eigenvalue weighted by atomic mass is 127. The molecular weight excluding hydrogens is 252 g/mol. The second-order valence-electron chi connectivity index (χ2n) is 1.37. The van der Waals surface area contributed by atoms with Crippen LogP contribution < -0.4 is 0 Å². The lowest BCUT2D eigenvalue weighted by Crippen LogP contribution is -2.10. The summed E-state index contributed by atoms with van der Waals surface area (Å²) >= 11 is 5.44. The van der Waals surface area contributed by atoms with E-state index in [1.54, 1.807) is 6.20 Å². The molecule has 1 N–H and O–H groups in total. The molecule has 1 aliphatic heterocycles. The average Bonchev–Trinajstić information content (AvgIpc) is 1.89. The Morgan fingerprint density at radius 2 is 2.56 bits per heavy atom. The van der Waals surface area contributed by atoms with Crippen LogP contribution in [-0.4, -0.2) is 20.4 Å². The minimum atomic E-state index is -0.168. The average molecular weight is 257 g/mol. The topological polar surface area (TPSA) is 32.6 Å². The van der Waals surface area contributed by atoms with Crippen molar-refractivity contribution in [1.82, 2.24) is 0 Å². The summed E-state index contributed by atoms with van der Waals surface area (Å²) in [6.07, 6.45) is 1.69. The van der Waals surface area contributed by atoms with Crippen LogP contribution in [-0.2, 0) is 0 Å². The molecule has 9 heavy (non-hydrogen) atoms. The highest BCUT2D eigenvalue weighted by molar-refractivity contribution is 14.2. The Morgan fingerprint density at radius 1 is 1.78 bits per heavy atom. The number of aliphatic imine (C=N–C) groups is 1. The van der Waals surface area contributed by atoms with E-state index in [1.165, 1.54) is 0 Å². The van der Waals surface area contributed by atoms with Gasteiger partial charge in [-0.05, 0) is 4.08 Å². The minimum absolute atomic E-state index is 0.0555. The first-order valence-electron chi connectivity index (χ1n) is 2.33. The lowest BCUT2D eigenvalue weighted by Gasteiger charge is -1.99. The molecule has 0 atom stereocenters. The van der Waals surface area contributed by atoms with Gasteiger partial charge in [0.1, 0.15) is 5.17 Å². The first-order chi connectivity index (χ1) is 4.34. The van der Waals surface area contributed by atoms with Gasteiger partial charge in [0.25, 0.3) is 0 Å². The van der Waals surface area contributed by atoms with Gasteiger partial charge < -0.3 is 5.11 Å². The van der Waals surface area contributed by atoms with Crippen LogP contribution in [0.4, 0.5) is 0 Å².